The van der Waals surface area contributed by atoms with E-state index >= 15 is 0 Å². The maximum atomic E-state index is 12.4. The van der Waals surface area contributed by atoms with Crippen LogP contribution in [0.25, 0.3) is 0 Å². The zero-order valence-electron chi connectivity index (χ0n) is 16.0. The molecule has 0 spiro atoms. The van der Waals surface area contributed by atoms with E-state index in [1.165, 1.54) is 6.92 Å². The van der Waals surface area contributed by atoms with Crippen molar-refractivity contribution >= 4 is 40.5 Å². The largest absolute Gasteiger partial charge is 0.374 e. The zero-order chi connectivity index (χ0) is 20.1. The van der Waals surface area contributed by atoms with E-state index in [1.54, 1.807) is 36.1 Å². The minimum Gasteiger partial charge on any atom is -0.374 e. The van der Waals surface area contributed by atoms with Crippen molar-refractivity contribution in [2.24, 2.45) is 0 Å². The Balaban J connectivity index is 1.55. The summed E-state index contributed by atoms with van der Waals surface area (Å²) in [5.41, 5.74) is 3.01. The summed E-state index contributed by atoms with van der Waals surface area (Å²) in [7, 11) is 0. The third kappa shape index (κ3) is 4.88. The van der Waals surface area contributed by atoms with Crippen molar-refractivity contribution in [2.75, 3.05) is 27.4 Å². The topological polar surface area (TPSA) is 90.5 Å². The van der Waals surface area contributed by atoms with Crippen LogP contribution in [-0.4, -0.2) is 30.3 Å². The van der Waals surface area contributed by atoms with Crippen molar-refractivity contribution in [3.8, 4) is 0 Å². The molecular weight excluding hydrogens is 356 g/mol. The minimum atomic E-state index is -0.450. The Labute approximate surface area is 164 Å². The number of nitrogens with one attached hydrogen (secondary N) is 3. The molecule has 1 aliphatic rings. The van der Waals surface area contributed by atoms with Gasteiger partial charge in [-0.3, -0.25) is 14.4 Å². The van der Waals surface area contributed by atoms with Gasteiger partial charge in [-0.05, 0) is 61.9 Å². The molecule has 1 heterocycles. The van der Waals surface area contributed by atoms with Crippen molar-refractivity contribution in [1.82, 2.24) is 0 Å². The second-order valence-electron chi connectivity index (χ2n) is 6.81. The van der Waals surface area contributed by atoms with Crippen LogP contribution in [0, 0.1) is 0 Å². The van der Waals surface area contributed by atoms with Gasteiger partial charge in [0.25, 0.3) is 0 Å². The van der Waals surface area contributed by atoms with Gasteiger partial charge in [0, 0.05) is 42.6 Å². The van der Waals surface area contributed by atoms with Gasteiger partial charge in [0.2, 0.25) is 17.7 Å². The number of benzene rings is 2. The summed E-state index contributed by atoms with van der Waals surface area (Å²) in [6.45, 7) is 3.97. The van der Waals surface area contributed by atoms with Crippen LogP contribution in [-0.2, 0) is 14.4 Å². The Morgan fingerprint density at radius 2 is 1.50 bits per heavy atom. The predicted molar refractivity (Wildman–Crippen MR) is 110 cm³/mol. The molecule has 3 amide bonds. The van der Waals surface area contributed by atoms with Gasteiger partial charge in [-0.15, -0.1) is 0 Å². The maximum Gasteiger partial charge on any atom is 0.246 e. The molecule has 7 nitrogen and oxygen atoms in total. The van der Waals surface area contributed by atoms with Crippen molar-refractivity contribution in [3.63, 3.8) is 0 Å². The first kappa shape index (κ1) is 19.4. The van der Waals surface area contributed by atoms with Crippen LogP contribution < -0.4 is 20.9 Å². The fraction of sp³-hybridized carbons (Fsp3) is 0.286. The number of nitrogens with zero attached hydrogens (tertiary/aromatic N) is 1. The first-order valence-corrected chi connectivity index (χ1v) is 9.28. The van der Waals surface area contributed by atoms with Crippen molar-refractivity contribution < 1.29 is 14.4 Å². The lowest BCUT2D eigenvalue weighted by atomic mass is 10.2. The first-order chi connectivity index (χ1) is 13.4. The van der Waals surface area contributed by atoms with Gasteiger partial charge >= 0.3 is 0 Å². The van der Waals surface area contributed by atoms with E-state index in [-0.39, 0.29) is 17.7 Å². The van der Waals surface area contributed by atoms with Gasteiger partial charge in [0.05, 0.1) is 0 Å². The van der Waals surface area contributed by atoms with Gasteiger partial charge in [0.15, 0.2) is 0 Å². The highest BCUT2D eigenvalue weighted by atomic mass is 16.2. The normalized spacial score (nSPS) is 14.5. The zero-order valence-corrected chi connectivity index (χ0v) is 16.0. The summed E-state index contributed by atoms with van der Waals surface area (Å²) in [4.78, 5) is 37.0. The van der Waals surface area contributed by atoms with Gasteiger partial charge < -0.3 is 20.9 Å². The molecule has 1 saturated heterocycles. The van der Waals surface area contributed by atoms with Crippen molar-refractivity contribution in [2.45, 2.75) is 32.7 Å². The van der Waals surface area contributed by atoms with Crippen LogP contribution in [0.2, 0.25) is 0 Å². The molecule has 0 saturated carbocycles. The van der Waals surface area contributed by atoms with E-state index in [0.29, 0.717) is 17.8 Å². The molecule has 2 aromatic carbocycles. The van der Waals surface area contributed by atoms with Crippen LogP contribution in [0.15, 0.2) is 48.5 Å². The molecule has 3 N–H and O–H groups in total. The molecule has 0 unspecified atom stereocenters. The van der Waals surface area contributed by atoms with Gasteiger partial charge in [0.1, 0.15) is 6.04 Å². The summed E-state index contributed by atoms with van der Waals surface area (Å²) < 4.78 is 0. The quantitative estimate of drug-likeness (QED) is 0.718. The fourth-order valence-electron chi connectivity index (χ4n) is 3.06. The average Bonchev–Trinajstić information content (AvgIpc) is 3.09. The summed E-state index contributed by atoms with van der Waals surface area (Å²) in [5, 5.41) is 8.67. The Morgan fingerprint density at radius 1 is 0.929 bits per heavy atom. The fourth-order valence-corrected chi connectivity index (χ4v) is 3.06. The van der Waals surface area contributed by atoms with E-state index in [9.17, 15) is 14.4 Å². The van der Waals surface area contributed by atoms with Crippen LogP contribution in [0.3, 0.4) is 0 Å². The van der Waals surface area contributed by atoms with Crippen LogP contribution >= 0.6 is 0 Å². The number of anilines is 4. The van der Waals surface area contributed by atoms with Gasteiger partial charge in [-0.1, -0.05) is 0 Å². The highest BCUT2D eigenvalue weighted by molar-refractivity contribution is 5.97. The van der Waals surface area contributed by atoms with Crippen molar-refractivity contribution in [3.05, 3.63) is 48.5 Å². The Kier molecular flexibility index (Phi) is 5.93. The molecule has 7 heteroatoms. The van der Waals surface area contributed by atoms with E-state index in [0.717, 1.165) is 24.3 Å². The molecule has 1 atom stereocenters. The standard InChI is InChI=1S/C21H24N4O3/c1-14(21(28)24-18-7-5-17(6-8-18)23-15(2)26)22-16-9-11-19(12-10-16)25-13-3-4-20(25)27/h5-12,14,22H,3-4,13H2,1-2H3,(H,23,26)(H,24,28)/t14-/m0/s1. The summed E-state index contributed by atoms with van der Waals surface area (Å²) in [6, 6.07) is 14.0. The Bertz CT molecular complexity index is 862. The molecule has 0 aromatic heterocycles. The number of carbonyl (C=O) groups excluding carboxylic acids is 3. The van der Waals surface area contributed by atoms with Crippen LogP contribution in [0.4, 0.5) is 22.7 Å². The monoisotopic (exact) mass is 380 g/mol. The lowest BCUT2D eigenvalue weighted by Gasteiger charge is -2.18. The number of carbonyl (C=O) groups is 3. The van der Waals surface area contributed by atoms with E-state index in [2.05, 4.69) is 16.0 Å². The van der Waals surface area contributed by atoms with E-state index in [4.69, 9.17) is 0 Å². The molecule has 1 aliphatic heterocycles. The lowest BCUT2D eigenvalue weighted by Crippen LogP contribution is -2.31. The van der Waals surface area contributed by atoms with Gasteiger partial charge in [-0.25, -0.2) is 0 Å². The highest BCUT2D eigenvalue weighted by Gasteiger charge is 2.21. The number of amides is 3. The van der Waals surface area contributed by atoms with E-state index in [1.807, 2.05) is 24.3 Å². The third-order valence-electron chi connectivity index (χ3n) is 4.50. The van der Waals surface area contributed by atoms with E-state index < -0.39 is 6.04 Å². The van der Waals surface area contributed by atoms with Crippen LogP contribution in [0.1, 0.15) is 26.7 Å². The molecule has 28 heavy (non-hydrogen) atoms. The molecule has 2 aromatic rings. The van der Waals surface area contributed by atoms with Crippen molar-refractivity contribution in [1.29, 1.82) is 0 Å². The highest BCUT2D eigenvalue weighted by Crippen LogP contribution is 2.23. The summed E-state index contributed by atoms with van der Waals surface area (Å²) in [5.74, 6) is -0.168. The predicted octanol–water partition coefficient (Wildman–Crippen LogP) is 3.21. The SMILES string of the molecule is CC(=O)Nc1ccc(NC(=O)[C@H](C)Nc2ccc(N3CCCC3=O)cc2)cc1. The number of hydrogen-bond donors (Lipinski definition) is 3. The number of rotatable bonds is 6. The summed E-state index contributed by atoms with van der Waals surface area (Å²) in [6.07, 6.45) is 1.49. The van der Waals surface area contributed by atoms with Gasteiger partial charge in [-0.2, -0.15) is 0 Å². The number of hydrogen-bond acceptors (Lipinski definition) is 4. The van der Waals surface area contributed by atoms with Crippen LogP contribution in [0.5, 0.6) is 0 Å². The molecule has 1 fully saturated rings. The smallest absolute Gasteiger partial charge is 0.246 e. The molecule has 3 rings (SSSR count). The molecule has 0 bridgehead atoms. The second kappa shape index (κ2) is 8.56. The molecule has 146 valence electrons. The molecule has 0 aliphatic carbocycles. The molecule has 0 radical (unpaired) electrons. The minimum absolute atomic E-state index is 0.144. The summed E-state index contributed by atoms with van der Waals surface area (Å²) >= 11 is 0. The molecular formula is C21H24N4O3. The average molecular weight is 380 g/mol. The first-order valence-electron chi connectivity index (χ1n) is 9.28. The Hall–Kier alpha value is -3.35. The lowest BCUT2D eigenvalue weighted by molar-refractivity contribution is -0.117. The second-order valence-corrected chi connectivity index (χ2v) is 6.81. The Morgan fingerprint density at radius 3 is 2.04 bits per heavy atom. The third-order valence-corrected chi connectivity index (χ3v) is 4.50. The maximum absolute atomic E-state index is 12.4.